The molecular weight excluding hydrogens is 863 g/mol. The normalized spacial score (nSPS) is 18.6. The van der Waals surface area contributed by atoms with E-state index in [-0.39, 0.29) is 113 Å². The molecule has 0 radical (unpaired) electrons. The fourth-order valence-corrected chi connectivity index (χ4v) is 9.95. The number of alkyl halides is 6. The van der Waals surface area contributed by atoms with E-state index in [4.69, 9.17) is 9.47 Å². The Kier molecular flexibility index (Phi) is 13.4. The van der Waals surface area contributed by atoms with Gasteiger partial charge in [-0.2, -0.15) is 36.5 Å². The fraction of sp³-hybridized carbons (Fsp3) is 0.533. The number of piperidine rings is 2. The summed E-state index contributed by atoms with van der Waals surface area (Å²) >= 11 is 0. The van der Waals surface area contributed by atoms with E-state index >= 15 is 13.2 Å². The highest BCUT2D eigenvalue weighted by Crippen LogP contribution is 2.43. The van der Waals surface area contributed by atoms with Crippen LogP contribution < -0.4 is 0 Å². The van der Waals surface area contributed by atoms with Crippen LogP contribution in [0.3, 0.4) is 0 Å². The summed E-state index contributed by atoms with van der Waals surface area (Å²) < 4.78 is 98.3. The minimum atomic E-state index is -4.76. The lowest BCUT2D eigenvalue weighted by atomic mass is 9.85. The van der Waals surface area contributed by atoms with Gasteiger partial charge >= 0.3 is 12.4 Å². The summed E-state index contributed by atoms with van der Waals surface area (Å²) in [4.78, 5) is 46.4. The van der Waals surface area contributed by atoms with Gasteiger partial charge in [-0.05, 0) is 79.7 Å². The minimum absolute atomic E-state index is 0.0318. The third-order valence-electron chi connectivity index (χ3n) is 13.3. The number of aliphatic hydroxyl groups is 1. The van der Waals surface area contributed by atoms with Gasteiger partial charge in [0.15, 0.2) is 11.9 Å². The number of carbonyl (C=O) groups excluding carboxylic acids is 3. The highest BCUT2D eigenvalue weighted by Gasteiger charge is 2.41. The maximum atomic E-state index is 15.1. The predicted octanol–water partition coefficient (Wildman–Crippen LogP) is 5.98. The molecule has 2 aromatic heterocycles. The first-order valence-electron chi connectivity index (χ1n) is 21.9. The topological polar surface area (TPSA) is 149 Å². The number of carbonyl (C=O) groups is 3. The Morgan fingerprint density at radius 1 is 0.754 bits per heavy atom. The minimum Gasteiger partial charge on any atom is -0.375 e. The number of nitrogens with one attached hydrogen (secondary N) is 1. The highest BCUT2D eigenvalue weighted by atomic mass is 19.4. The van der Waals surface area contributed by atoms with Crippen LogP contribution in [0.25, 0.3) is 5.69 Å². The molecule has 0 spiro atoms. The van der Waals surface area contributed by atoms with Crippen LogP contribution in [0, 0.1) is 0 Å². The number of methoxy groups -OCH3 is 2. The summed E-state index contributed by atoms with van der Waals surface area (Å²) in [5.74, 6) is -1.98. The third kappa shape index (κ3) is 9.53. The van der Waals surface area contributed by atoms with Crippen molar-refractivity contribution < 1.29 is 55.3 Å². The van der Waals surface area contributed by atoms with Crippen LogP contribution >= 0.6 is 0 Å². The number of halogens is 6. The number of benzene rings is 2. The summed E-state index contributed by atoms with van der Waals surface area (Å²) in [7, 11) is 2.83. The molecule has 0 aliphatic carbocycles. The lowest BCUT2D eigenvalue weighted by Gasteiger charge is -2.36. The Hall–Kier alpha value is -5.31. The summed E-state index contributed by atoms with van der Waals surface area (Å²) in [6, 6.07) is 9.45. The number of hydrogen-bond donors (Lipinski definition) is 2. The Morgan fingerprint density at radius 3 is 2.00 bits per heavy atom. The van der Waals surface area contributed by atoms with Crippen molar-refractivity contribution in [3.05, 3.63) is 98.6 Å². The van der Waals surface area contributed by atoms with Crippen molar-refractivity contribution in [2.75, 3.05) is 66.7 Å². The molecule has 1 unspecified atom stereocenters. The molecule has 8 rings (SSSR count). The zero-order valence-electron chi connectivity index (χ0n) is 36.2. The van der Waals surface area contributed by atoms with E-state index in [1.165, 1.54) is 46.9 Å². The number of aromatic amines is 1. The average molecular weight is 915 g/mol. The van der Waals surface area contributed by atoms with Crippen LogP contribution in [-0.2, 0) is 57.3 Å². The van der Waals surface area contributed by atoms with E-state index in [0.29, 0.717) is 49.2 Å². The number of aliphatic hydroxyl groups excluding tert-OH is 1. The molecule has 2 N–H and O–H groups in total. The number of aryl methyl sites for hydroxylation is 1. The summed E-state index contributed by atoms with van der Waals surface area (Å²) in [6.07, 6.45) is -7.76. The molecule has 1 atom stereocenters. The van der Waals surface area contributed by atoms with Gasteiger partial charge in [-0.25, -0.2) is 4.68 Å². The maximum Gasteiger partial charge on any atom is 0.416 e. The van der Waals surface area contributed by atoms with E-state index in [9.17, 15) is 32.7 Å². The van der Waals surface area contributed by atoms with Crippen molar-refractivity contribution in [2.45, 2.75) is 88.5 Å². The SMILES string of the molecule is COCC(=O)N1CCCc2[nH]nc(C(O)N3CCC(c4ccc(-n5nc(C(=O)N6CCC(c7ccccc7C(F)(F)F)CC6)c6c5CCN(C(=O)COC)C6)cc4C(F)(F)F)CC3)c2C1. The Bertz CT molecular complexity index is 2380. The molecule has 4 aromatic rings. The molecule has 3 amide bonds. The lowest BCUT2D eigenvalue weighted by Crippen LogP contribution is -2.41. The molecule has 2 fully saturated rings. The fourth-order valence-electron chi connectivity index (χ4n) is 9.95. The summed E-state index contributed by atoms with van der Waals surface area (Å²) in [5, 5.41) is 23.6. The molecule has 0 saturated carbocycles. The number of ether oxygens (including phenoxy) is 2. The van der Waals surface area contributed by atoms with Gasteiger partial charge in [-0.3, -0.25) is 24.4 Å². The quantitative estimate of drug-likeness (QED) is 0.184. The van der Waals surface area contributed by atoms with E-state index in [2.05, 4.69) is 15.3 Å². The largest absolute Gasteiger partial charge is 0.416 e. The number of fused-ring (bicyclic) bond motifs is 2. The van der Waals surface area contributed by atoms with Crippen LogP contribution in [0.15, 0.2) is 42.5 Å². The van der Waals surface area contributed by atoms with Gasteiger partial charge in [-0.15, -0.1) is 0 Å². The standard InChI is InChI=1S/C45H52F6N8O6/c1-64-25-38(60)57-16-5-8-36-32(23-57)40(53-52-36)42(62)55-17-13-28(14-18-55)31-10-9-29(22-35(31)45(49,50)51)59-37-15-21-58(39(61)26-65-2)24-33(37)41(54-59)43(63)56-19-11-27(12-20-56)30-6-3-4-7-34(30)44(46,47)48/h3-4,6-7,9-10,22,27-28,42,62H,5,8,11-21,23-26H2,1-2H3,(H,52,53). The molecule has 4 aliphatic rings. The molecule has 2 aromatic carbocycles. The van der Waals surface area contributed by atoms with Crippen molar-refractivity contribution in [2.24, 2.45) is 0 Å². The van der Waals surface area contributed by atoms with E-state index in [0.717, 1.165) is 23.4 Å². The highest BCUT2D eigenvalue weighted by molar-refractivity contribution is 5.94. The number of nitrogens with zero attached hydrogens (tertiary/aromatic N) is 7. The molecule has 14 nitrogen and oxygen atoms in total. The van der Waals surface area contributed by atoms with Gasteiger partial charge in [0.2, 0.25) is 11.8 Å². The first-order valence-corrected chi connectivity index (χ1v) is 21.9. The van der Waals surface area contributed by atoms with E-state index < -0.39 is 47.5 Å². The van der Waals surface area contributed by atoms with Crippen LogP contribution in [-0.4, -0.2) is 129 Å². The Morgan fingerprint density at radius 2 is 1.35 bits per heavy atom. The van der Waals surface area contributed by atoms with Crippen molar-refractivity contribution >= 4 is 17.7 Å². The van der Waals surface area contributed by atoms with Gasteiger partial charge in [0.25, 0.3) is 5.91 Å². The molecule has 2 saturated heterocycles. The number of likely N-dealkylation sites (tertiary alicyclic amines) is 2. The van der Waals surface area contributed by atoms with Gasteiger partial charge in [-0.1, -0.05) is 24.3 Å². The van der Waals surface area contributed by atoms with Crippen molar-refractivity contribution in [3.63, 3.8) is 0 Å². The van der Waals surface area contributed by atoms with Crippen LogP contribution in [0.4, 0.5) is 26.3 Å². The van der Waals surface area contributed by atoms with E-state index in [1.54, 1.807) is 21.9 Å². The number of hydrogen-bond acceptors (Lipinski definition) is 9. The molecular formula is C45H52F6N8O6. The lowest BCUT2D eigenvalue weighted by molar-refractivity contribution is -0.139. The molecule has 350 valence electrons. The zero-order valence-corrected chi connectivity index (χ0v) is 36.2. The van der Waals surface area contributed by atoms with Gasteiger partial charge in [0, 0.05) is 89.8 Å². The molecule has 20 heteroatoms. The molecule has 65 heavy (non-hydrogen) atoms. The third-order valence-corrected chi connectivity index (χ3v) is 13.3. The second-order valence-electron chi connectivity index (χ2n) is 17.2. The van der Waals surface area contributed by atoms with Crippen LogP contribution in [0.1, 0.15) is 111 Å². The zero-order chi connectivity index (χ0) is 46.2. The number of H-pyrrole nitrogens is 1. The molecule has 0 bridgehead atoms. The summed E-state index contributed by atoms with van der Waals surface area (Å²) in [5.41, 5.74) is 1.58. The monoisotopic (exact) mass is 914 g/mol. The van der Waals surface area contributed by atoms with Crippen LogP contribution in [0.5, 0.6) is 0 Å². The molecule has 4 aliphatic heterocycles. The second-order valence-corrected chi connectivity index (χ2v) is 17.2. The van der Waals surface area contributed by atoms with Crippen molar-refractivity contribution in [3.8, 4) is 5.69 Å². The van der Waals surface area contributed by atoms with Crippen molar-refractivity contribution in [1.29, 1.82) is 0 Å². The maximum absolute atomic E-state index is 15.1. The van der Waals surface area contributed by atoms with E-state index in [1.807, 2.05) is 0 Å². The smallest absolute Gasteiger partial charge is 0.375 e. The Balaban J connectivity index is 1.03. The number of amides is 3. The second kappa shape index (κ2) is 18.9. The van der Waals surface area contributed by atoms with Gasteiger partial charge in [0.1, 0.15) is 18.9 Å². The Labute approximate surface area is 371 Å². The van der Waals surface area contributed by atoms with Gasteiger partial charge < -0.3 is 29.3 Å². The first kappa shape index (κ1) is 46.2. The van der Waals surface area contributed by atoms with Crippen molar-refractivity contribution in [1.82, 2.24) is 39.6 Å². The predicted molar refractivity (Wildman–Crippen MR) is 222 cm³/mol. The molecule has 6 heterocycles. The number of rotatable bonds is 10. The number of aromatic nitrogens is 4. The van der Waals surface area contributed by atoms with Gasteiger partial charge in [0.05, 0.1) is 22.5 Å². The summed E-state index contributed by atoms with van der Waals surface area (Å²) in [6.45, 7) is 1.48. The van der Waals surface area contributed by atoms with Crippen LogP contribution in [0.2, 0.25) is 0 Å². The average Bonchev–Trinajstić information content (AvgIpc) is 3.81. The first-order chi connectivity index (χ1) is 31.1.